The molecule has 0 saturated carbocycles. The molecule has 0 spiro atoms. The van der Waals surface area contributed by atoms with Crippen molar-refractivity contribution in [1.29, 1.82) is 0 Å². The maximum Gasteiger partial charge on any atom is 0.235 e. The number of nitrogens with two attached hydrogens (primary N) is 1. The first-order chi connectivity index (χ1) is 8.86. The number of oxime groups is 1. The summed E-state index contributed by atoms with van der Waals surface area (Å²) in [4.78, 5) is 12.2. The van der Waals surface area contributed by atoms with Crippen LogP contribution in [0.15, 0.2) is 23.4 Å². The lowest BCUT2D eigenvalue weighted by Crippen LogP contribution is -2.38. The number of aryl methyl sites for hydroxylation is 1. The predicted octanol–water partition coefficient (Wildman–Crippen LogP) is 2.61. The maximum absolute atomic E-state index is 12.2. The fourth-order valence-electron chi connectivity index (χ4n) is 1.79. The molecule has 0 aliphatic heterocycles. The molecule has 0 fully saturated rings. The van der Waals surface area contributed by atoms with Gasteiger partial charge >= 0.3 is 0 Å². The van der Waals surface area contributed by atoms with E-state index in [9.17, 15) is 4.79 Å². The molecule has 0 aliphatic carbocycles. The Morgan fingerprint density at radius 3 is 2.63 bits per heavy atom. The van der Waals surface area contributed by atoms with Crippen molar-refractivity contribution < 1.29 is 10.0 Å². The first-order valence-electron chi connectivity index (χ1n) is 5.91. The number of nitrogens with zero attached hydrogens (tertiary/aromatic N) is 1. The normalized spacial score (nSPS) is 13.4. The number of rotatable bonds is 4. The van der Waals surface area contributed by atoms with Gasteiger partial charge in [-0.25, -0.2) is 0 Å². The summed E-state index contributed by atoms with van der Waals surface area (Å²) in [6, 6.07) is 5.33. The van der Waals surface area contributed by atoms with Crippen molar-refractivity contribution in [2.75, 3.05) is 5.32 Å². The monoisotopic (exact) mass is 283 g/mol. The van der Waals surface area contributed by atoms with Crippen molar-refractivity contribution in [3.8, 4) is 0 Å². The van der Waals surface area contributed by atoms with Crippen LogP contribution in [0.2, 0.25) is 5.02 Å². The molecule has 0 radical (unpaired) electrons. The first kappa shape index (κ1) is 15.3. The van der Waals surface area contributed by atoms with E-state index in [1.807, 2.05) is 26.8 Å². The number of carbonyl (C=O) groups is 1. The number of hydrogen-bond acceptors (Lipinski definition) is 3. The Morgan fingerprint density at radius 1 is 1.47 bits per heavy atom. The minimum Gasteiger partial charge on any atom is -0.409 e. The smallest absolute Gasteiger partial charge is 0.235 e. The number of amidine groups is 1. The van der Waals surface area contributed by atoms with Crippen LogP contribution in [0.1, 0.15) is 19.4 Å². The number of carbonyl (C=O) groups excluding carboxylic acids is 1. The van der Waals surface area contributed by atoms with Gasteiger partial charge in [-0.05, 0) is 30.5 Å². The van der Waals surface area contributed by atoms with Gasteiger partial charge in [-0.15, -0.1) is 0 Å². The van der Waals surface area contributed by atoms with E-state index < -0.39 is 5.92 Å². The van der Waals surface area contributed by atoms with Crippen molar-refractivity contribution in [1.82, 2.24) is 0 Å². The Balaban J connectivity index is 2.97. The highest BCUT2D eigenvalue weighted by molar-refractivity contribution is 6.33. The predicted molar refractivity (Wildman–Crippen MR) is 76.6 cm³/mol. The first-order valence-corrected chi connectivity index (χ1v) is 6.29. The van der Waals surface area contributed by atoms with Crippen LogP contribution in [0.4, 0.5) is 5.69 Å². The lowest BCUT2D eigenvalue weighted by atomic mass is 9.93. The summed E-state index contributed by atoms with van der Waals surface area (Å²) in [5, 5.41) is 14.8. The van der Waals surface area contributed by atoms with Gasteiger partial charge < -0.3 is 16.3 Å². The molecular weight excluding hydrogens is 266 g/mol. The molecule has 4 N–H and O–H groups in total. The van der Waals surface area contributed by atoms with E-state index in [-0.39, 0.29) is 17.7 Å². The van der Waals surface area contributed by atoms with Crippen LogP contribution >= 0.6 is 11.6 Å². The highest BCUT2D eigenvalue weighted by Crippen LogP contribution is 2.24. The Morgan fingerprint density at radius 2 is 2.11 bits per heavy atom. The van der Waals surface area contributed by atoms with Crippen LogP contribution in [-0.4, -0.2) is 17.0 Å². The van der Waals surface area contributed by atoms with E-state index in [1.165, 1.54) is 0 Å². The molecule has 1 aromatic carbocycles. The Labute approximate surface area is 117 Å². The fourth-order valence-corrected chi connectivity index (χ4v) is 1.95. The Hall–Kier alpha value is -1.75. The van der Waals surface area contributed by atoms with E-state index in [0.717, 1.165) is 5.56 Å². The van der Waals surface area contributed by atoms with Gasteiger partial charge in [0.15, 0.2) is 5.84 Å². The largest absolute Gasteiger partial charge is 0.409 e. The molecule has 6 heteroatoms. The Bertz CT molecular complexity index is 501. The quantitative estimate of drug-likeness (QED) is 0.343. The second-order valence-corrected chi connectivity index (χ2v) is 5.13. The van der Waals surface area contributed by atoms with Gasteiger partial charge in [0.05, 0.1) is 10.7 Å². The third-order valence-electron chi connectivity index (χ3n) is 2.76. The van der Waals surface area contributed by atoms with Crippen LogP contribution < -0.4 is 11.1 Å². The fraction of sp³-hybridized carbons (Fsp3) is 0.385. The van der Waals surface area contributed by atoms with E-state index in [1.54, 1.807) is 12.1 Å². The SMILES string of the molecule is Cc1ccc(Cl)c(NC(=O)C(/C(N)=N/O)C(C)C)c1. The third-order valence-corrected chi connectivity index (χ3v) is 3.09. The lowest BCUT2D eigenvalue weighted by Gasteiger charge is -2.19. The van der Waals surface area contributed by atoms with E-state index in [2.05, 4.69) is 10.5 Å². The van der Waals surface area contributed by atoms with Gasteiger partial charge in [-0.1, -0.05) is 36.7 Å². The van der Waals surface area contributed by atoms with Crippen LogP contribution in [0.5, 0.6) is 0 Å². The molecule has 1 rings (SSSR count). The van der Waals surface area contributed by atoms with Crippen molar-refractivity contribution in [3.05, 3.63) is 28.8 Å². The van der Waals surface area contributed by atoms with Gasteiger partial charge in [0.2, 0.25) is 5.91 Å². The average Bonchev–Trinajstić information content (AvgIpc) is 2.33. The summed E-state index contributed by atoms with van der Waals surface area (Å²) in [7, 11) is 0. The number of amides is 1. The summed E-state index contributed by atoms with van der Waals surface area (Å²) in [5.41, 5.74) is 7.04. The topological polar surface area (TPSA) is 87.7 Å². The van der Waals surface area contributed by atoms with Gasteiger partial charge in [0.25, 0.3) is 0 Å². The van der Waals surface area contributed by atoms with Crippen LogP contribution in [0, 0.1) is 18.8 Å². The minimum absolute atomic E-state index is 0.0977. The summed E-state index contributed by atoms with van der Waals surface area (Å²) < 4.78 is 0. The molecule has 104 valence electrons. The van der Waals surface area contributed by atoms with E-state index in [0.29, 0.717) is 10.7 Å². The molecular formula is C13H18ClN3O2. The molecule has 0 heterocycles. The molecule has 0 aromatic heterocycles. The van der Waals surface area contributed by atoms with Crippen LogP contribution in [-0.2, 0) is 4.79 Å². The van der Waals surface area contributed by atoms with Gasteiger partial charge in [0.1, 0.15) is 5.92 Å². The highest BCUT2D eigenvalue weighted by atomic mass is 35.5. The number of halogens is 1. The van der Waals surface area contributed by atoms with Crippen molar-refractivity contribution in [2.45, 2.75) is 20.8 Å². The lowest BCUT2D eigenvalue weighted by molar-refractivity contribution is -0.119. The average molecular weight is 284 g/mol. The zero-order valence-corrected chi connectivity index (χ0v) is 11.9. The van der Waals surface area contributed by atoms with E-state index in [4.69, 9.17) is 22.5 Å². The van der Waals surface area contributed by atoms with Gasteiger partial charge in [0, 0.05) is 0 Å². The standard InChI is InChI=1S/C13H18ClN3O2/c1-7(2)11(12(15)17-19)13(18)16-10-6-8(3)4-5-9(10)14/h4-7,11,19H,1-3H3,(H2,15,17)(H,16,18). The molecule has 1 atom stereocenters. The number of hydrogen-bond donors (Lipinski definition) is 3. The molecule has 1 aromatic rings. The van der Waals surface area contributed by atoms with Crippen LogP contribution in [0.3, 0.4) is 0 Å². The molecule has 0 saturated heterocycles. The van der Waals surface area contributed by atoms with Crippen molar-refractivity contribution >= 4 is 29.0 Å². The molecule has 0 aliphatic rings. The van der Waals surface area contributed by atoms with Crippen LogP contribution in [0.25, 0.3) is 0 Å². The maximum atomic E-state index is 12.2. The minimum atomic E-state index is -0.707. The van der Waals surface area contributed by atoms with E-state index >= 15 is 0 Å². The number of anilines is 1. The van der Waals surface area contributed by atoms with Gasteiger partial charge in [-0.2, -0.15) is 0 Å². The van der Waals surface area contributed by atoms with Crippen molar-refractivity contribution in [2.24, 2.45) is 22.7 Å². The van der Waals surface area contributed by atoms with Crippen molar-refractivity contribution in [3.63, 3.8) is 0 Å². The summed E-state index contributed by atoms with van der Waals surface area (Å²) in [6.07, 6.45) is 0. The number of benzene rings is 1. The zero-order valence-electron chi connectivity index (χ0n) is 11.1. The zero-order chi connectivity index (χ0) is 14.6. The summed E-state index contributed by atoms with van der Waals surface area (Å²) in [6.45, 7) is 5.54. The molecule has 1 unspecified atom stereocenters. The third kappa shape index (κ3) is 3.86. The van der Waals surface area contributed by atoms with Gasteiger partial charge in [-0.3, -0.25) is 4.79 Å². The molecule has 5 nitrogen and oxygen atoms in total. The molecule has 0 bridgehead atoms. The Kier molecular flexibility index (Phi) is 5.18. The second-order valence-electron chi connectivity index (χ2n) is 4.72. The summed E-state index contributed by atoms with van der Waals surface area (Å²) >= 11 is 6.01. The summed E-state index contributed by atoms with van der Waals surface area (Å²) in [5.74, 6) is -1.27. The second kappa shape index (κ2) is 6.43. The molecule has 1 amide bonds. The number of nitrogens with one attached hydrogen (secondary N) is 1. The highest BCUT2D eigenvalue weighted by Gasteiger charge is 2.27. The molecule has 19 heavy (non-hydrogen) atoms.